The summed E-state index contributed by atoms with van der Waals surface area (Å²) < 4.78 is 12.9. The van der Waals surface area contributed by atoms with Gasteiger partial charge >= 0.3 is 0 Å². The van der Waals surface area contributed by atoms with E-state index in [0.717, 1.165) is 15.0 Å². The SMILES string of the molecule is COc1cccc(Oc2ccc3c(=O)c4cc(CCC(N)(CO)CO)ccc4sc3c2)c1. The number of benzene rings is 3. The van der Waals surface area contributed by atoms with Crippen molar-refractivity contribution in [1.29, 1.82) is 0 Å². The summed E-state index contributed by atoms with van der Waals surface area (Å²) >= 11 is 1.53. The molecule has 4 N–H and O–H groups in total. The van der Waals surface area contributed by atoms with Gasteiger partial charge in [0.15, 0.2) is 5.43 Å². The third-order valence-corrected chi connectivity index (χ3v) is 6.66. The first-order valence-electron chi connectivity index (χ1n) is 10.3. The van der Waals surface area contributed by atoms with Gasteiger partial charge in [-0.1, -0.05) is 12.1 Å². The molecule has 166 valence electrons. The molecular weight excluding hydrogens is 426 g/mol. The Morgan fingerprint density at radius 3 is 2.41 bits per heavy atom. The van der Waals surface area contributed by atoms with Gasteiger partial charge in [0.05, 0.1) is 25.9 Å². The van der Waals surface area contributed by atoms with Gasteiger partial charge in [0.25, 0.3) is 0 Å². The largest absolute Gasteiger partial charge is 0.497 e. The molecular formula is C25H25NO5S. The molecule has 1 aromatic heterocycles. The first kappa shape index (κ1) is 22.2. The maximum atomic E-state index is 13.2. The number of nitrogens with two attached hydrogens (primary N) is 1. The number of ether oxygens (including phenoxy) is 2. The smallest absolute Gasteiger partial charge is 0.195 e. The Morgan fingerprint density at radius 2 is 1.66 bits per heavy atom. The van der Waals surface area contributed by atoms with E-state index in [2.05, 4.69) is 0 Å². The van der Waals surface area contributed by atoms with Crippen molar-refractivity contribution in [3.63, 3.8) is 0 Å². The summed E-state index contributed by atoms with van der Waals surface area (Å²) in [6.07, 6.45) is 0.977. The predicted molar refractivity (Wildman–Crippen MR) is 128 cm³/mol. The zero-order chi connectivity index (χ0) is 22.7. The Kier molecular flexibility index (Phi) is 6.43. The second kappa shape index (κ2) is 9.26. The highest BCUT2D eigenvalue weighted by Crippen LogP contribution is 2.31. The summed E-state index contributed by atoms with van der Waals surface area (Å²) in [7, 11) is 1.61. The molecule has 4 rings (SSSR count). The van der Waals surface area contributed by atoms with Crippen molar-refractivity contribution in [3.05, 3.63) is 76.5 Å². The molecule has 0 spiro atoms. The Morgan fingerprint density at radius 1 is 0.906 bits per heavy atom. The van der Waals surface area contributed by atoms with E-state index in [1.807, 2.05) is 42.5 Å². The van der Waals surface area contributed by atoms with Crippen molar-refractivity contribution >= 4 is 31.5 Å². The molecule has 0 saturated heterocycles. The zero-order valence-electron chi connectivity index (χ0n) is 17.7. The normalized spacial score (nSPS) is 11.8. The first-order valence-corrected chi connectivity index (χ1v) is 11.1. The van der Waals surface area contributed by atoms with Gasteiger partial charge in [-0.25, -0.2) is 0 Å². The minimum absolute atomic E-state index is 0.0353. The minimum Gasteiger partial charge on any atom is -0.497 e. The number of methoxy groups -OCH3 is 1. The van der Waals surface area contributed by atoms with E-state index in [4.69, 9.17) is 15.2 Å². The Bertz CT molecular complexity index is 1310. The minimum atomic E-state index is -1.03. The van der Waals surface area contributed by atoms with Gasteiger partial charge in [-0.05, 0) is 60.9 Å². The van der Waals surface area contributed by atoms with Crippen LogP contribution < -0.4 is 20.6 Å². The second-order valence-electron chi connectivity index (χ2n) is 7.88. The predicted octanol–water partition coefficient (Wildman–Crippen LogP) is 3.83. The Labute approximate surface area is 189 Å². The molecule has 0 aliphatic heterocycles. The molecule has 3 aromatic carbocycles. The lowest BCUT2D eigenvalue weighted by atomic mass is 9.93. The number of hydrogen-bond donors (Lipinski definition) is 3. The second-order valence-corrected chi connectivity index (χ2v) is 8.96. The molecule has 32 heavy (non-hydrogen) atoms. The van der Waals surface area contributed by atoms with Gasteiger partial charge in [-0.2, -0.15) is 0 Å². The van der Waals surface area contributed by atoms with Crippen LogP contribution in [-0.4, -0.2) is 36.1 Å². The number of aliphatic hydroxyl groups excluding tert-OH is 2. The Balaban J connectivity index is 1.65. The van der Waals surface area contributed by atoms with E-state index in [1.54, 1.807) is 25.3 Å². The highest BCUT2D eigenvalue weighted by atomic mass is 32.1. The lowest BCUT2D eigenvalue weighted by molar-refractivity contribution is 0.115. The molecule has 1 heterocycles. The van der Waals surface area contributed by atoms with Crippen LogP contribution in [0.25, 0.3) is 20.2 Å². The standard InChI is InChI=1S/C25H25NO5S/c1-30-17-3-2-4-18(12-17)31-19-6-7-20-23(13-19)32-22-8-5-16(11-21(22)24(20)29)9-10-25(26,14-27)15-28/h2-8,11-13,27-28H,9-10,14-15,26H2,1H3. The number of fused-ring (bicyclic) bond motifs is 2. The van der Waals surface area contributed by atoms with Gasteiger partial charge < -0.3 is 25.4 Å². The van der Waals surface area contributed by atoms with E-state index in [0.29, 0.717) is 40.9 Å². The number of aliphatic hydroxyl groups is 2. The number of hydrogen-bond acceptors (Lipinski definition) is 7. The summed E-state index contributed by atoms with van der Waals surface area (Å²) in [5.41, 5.74) is 5.85. The van der Waals surface area contributed by atoms with Gasteiger partial charge in [0.2, 0.25) is 0 Å². The summed E-state index contributed by atoms with van der Waals surface area (Å²) in [5, 5.41) is 20.1. The molecule has 7 heteroatoms. The van der Waals surface area contributed by atoms with Crippen LogP contribution >= 0.6 is 11.3 Å². The maximum Gasteiger partial charge on any atom is 0.195 e. The van der Waals surface area contributed by atoms with Gasteiger partial charge in [-0.15, -0.1) is 11.3 Å². The molecule has 0 bridgehead atoms. The monoisotopic (exact) mass is 451 g/mol. The van der Waals surface area contributed by atoms with Gasteiger partial charge in [0, 0.05) is 26.2 Å². The van der Waals surface area contributed by atoms with Crippen LogP contribution in [0.5, 0.6) is 17.2 Å². The van der Waals surface area contributed by atoms with Crippen LogP contribution in [0, 0.1) is 0 Å². The van der Waals surface area contributed by atoms with Crippen molar-refractivity contribution in [2.45, 2.75) is 18.4 Å². The fourth-order valence-electron chi connectivity index (χ4n) is 3.50. The fraction of sp³-hybridized carbons (Fsp3) is 0.240. The van der Waals surface area contributed by atoms with E-state index in [9.17, 15) is 15.0 Å². The van der Waals surface area contributed by atoms with Crippen LogP contribution in [0.3, 0.4) is 0 Å². The third-order valence-electron chi connectivity index (χ3n) is 5.52. The molecule has 0 atom stereocenters. The average Bonchev–Trinajstić information content (AvgIpc) is 2.83. The fourth-order valence-corrected chi connectivity index (χ4v) is 4.58. The highest BCUT2D eigenvalue weighted by Gasteiger charge is 2.22. The van der Waals surface area contributed by atoms with Gasteiger partial charge in [-0.3, -0.25) is 4.79 Å². The van der Waals surface area contributed by atoms with Crippen LogP contribution in [0.2, 0.25) is 0 Å². The summed E-state index contributed by atoms with van der Waals surface area (Å²) in [6.45, 7) is -0.590. The quantitative estimate of drug-likeness (QED) is 0.352. The van der Waals surface area contributed by atoms with E-state index < -0.39 is 5.54 Å². The molecule has 0 unspecified atom stereocenters. The molecule has 4 aromatic rings. The average molecular weight is 452 g/mol. The van der Waals surface area contributed by atoms with Crippen molar-refractivity contribution in [2.24, 2.45) is 5.73 Å². The van der Waals surface area contributed by atoms with Crippen molar-refractivity contribution < 1.29 is 19.7 Å². The third kappa shape index (κ3) is 4.61. The molecule has 0 amide bonds. The van der Waals surface area contributed by atoms with Crippen LogP contribution in [0.4, 0.5) is 0 Å². The lowest BCUT2D eigenvalue weighted by Crippen LogP contribution is -2.47. The number of rotatable bonds is 8. The lowest BCUT2D eigenvalue weighted by Gasteiger charge is -2.24. The molecule has 6 nitrogen and oxygen atoms in total. The van der Waals surface area contributed by atoms with Crippen LogP contribution in [-0.2, 0) is 6.42 Å². The van der Waals surface area contributed by atoms with Crippen molar-refractivity contribution in [1.82, 2.24) is 0 Å². The molecule has 0 fully saturated rings. The zero-order valence-corrected chi connectivity index (χ0v) is 18.5. The van der Waals surface area contributed by atoms with Crippen LogP contribution in [0.1, 0.15) is 12.0 Å². The number of aryl methyl sites for hydroxylation is 1. The van der Waals surface area contributed by atoms with Gasteiger partial charge in [0.1, 0.15) is 17.2 Å². The molecule has 0 aliphatic rings. The summed E-state index contributed by atoms with van der Waals surface area (Å²) in [4.78, 5) is 13.2. The highest BCUT2D eigenvalue weighted by molar-refractivity contribution is 7.24. The Hall–Kier alpha value is -2.97. The first-order chi connectivity index (χ1) is 15.4. The topological polar surface area (TPSA) is 102 Å². The summed E-state index contributed by atoms with van der Waals surface area (Å²) in [5.74, 6) is 2.01. The molecule has 0 radical (unpaired) electrons. The molecule has 0 aliphatic carbocycles. The van der Waals surface area contributed by atoms with Crippen LogP contribution in [0.15, 0.2) is 65.5 Å². The summed E-state index contributed by atoms with van der Waals surface area (Å²) in [6, 6.07) is 18.6. The molecule has 0 saturated carbocycles. The van der Waals surface area contributed by atoms with E-state index in [1.165, 1.54) is 11.3 Å². The van der Waals surface area contributed by atoms with E-state index >= 15 is 0 Å². The van der Waals surface area contributed by atoms with E-state index in [-0.39, 0.29) is 18.6 Å². The van der Waals surface area contributed by atoms with Crippen molar-refractivity contribution in [2.75, 3.05) is 20.3 Å². The maximum absolute atomic E-state index is 13.2. The van der Waals surface area contributed by atoms with Crippen molar-refractivity contribution in [3.8, 4) is 17.2 Å².